The van der Waals surface area contributed by atoms with Crippen molar-refractivity contribution in [3.8, 4) is 23.1 Å². The summed E-state index contributed by atoms with van der Waals surface area (Å²) in [6.07, 6.45) is 6.09. The van der Waals surface area contributed by atoms with Gasteiger partial charge in [-0.15, -0.1) is 5.10 Å². The third kappa shape index (κ3) is 5.26. The lowest BCUT2D eigenvalue weighted by Crippen LogP contribution is -2.28. The summed E-state index contributed by atoms with van der Waals surface area (Å²) < 4.78 is 30.9. The second-order valence-electron chi connectivity index (χ2n) is 6.74. The highest BCUT2D eigenvalue weighted by Gasteiger charge is 2.21. The Balaban J connectivity index is 1.57. The van der Waals surface area contributed by atoms with E-state index >= 15 is 0 Å². The highest BCUT2D eigenvalue weighted by Crippen LogP contribution is 2.25. The number of alkyl halides is 2. The minimum atomic E-state index is -3.04. The maximum Gasteiger partial charge on any atom is 0.387 e. The number of carbonyl (C=O) groups excluding carboxylic acids is 1. The molecule has 4 rings (SSSR count). The van der Waals surface area contributed by atoms with E-state index in [2.05, 4.69) is 35.1 Å². The zero-order chi connectivity index (χ0) is 23.4. The first-order chi connectivity index (χ1) is 15.9. The van der Waals surface area contributed by atoms with Crippen molar-refractivity contribution in [2.24, 2.45) is 0 Å². The molecule has 0 radical (unpaired) electrons. The number of nitrogens with zero attached hydrogens (tertiary/aromatic N) is 6. The van der Waals surface area contributed by atoms with Gasteiger partial charge in [0, 0.05) is 29.2 Å². The van der Waals surface area contributed by atoms with Crippen LogP contribution in [0.3, 0.4) is 0 Å². The van der Waals surface area contributed by atoms with E-state index in [9.17, 15) is 13.6 Å². The maximum atomic E-state index is 12.8. The van der Waals surface area contributed by atoms with Crippen LogP contribution in [0.15, 0.2) is 61.3 Å². The fourth-order valence-corrected chi connectivity index (χ4v) is 3.25. The molecule has 0 aliphatic carbocycles. The fraction of sp³-hybridized carbons (Fsp3) is 0.143. The molecule has 4 aromatic rings. The molecule has 9 nitrogen and oxygen atoms in total. The summed E-state index contributed by atoms with van der Waals surface area (Å²) >= 11 is 5.94. The van der Waals surface area contributed by atoms with Gasteiger partial charge in [-0.3, -0.25) is 9.78 Å². The van der Waals surface area contributed by atoms with Gasteiger partial charge in [-0.05, 0) is 37.3 Å². The van der Waals surface area contributed by atoms with Crippen LogP contribution in [-0.4, -0.2) is 42.2 Å². The predicted molar refractivity (Wildman–Crippen MR) is 114 cm³/mol. The van der Waals surface area contributed by atoms with Crippen molar-refractivity contribution in [1.82, 2.24) is 35.0 Å². The lowest BCUT2D eigenvalue weighted by molar-refractivity contribution is -0.0498. The Kier molecular flexibility index (Phi) is 6.50. The van der Waals surface area contributed by atoms with Crippen molar-refractivity contribution in [3.05, 3.63) is 77.6 Å². The van der Waals surface area contributed by atoms with Gasteiger partial charge >= 0.3 is 6.61 Å². The number of pyridine rings is 1. The normalized spacial score (nSPS) is 11.9. The first kappa shape index (κ1) is 22.2. The van der Waals surface area contributed by atoms with Crippen molar-refractivity contribution in [2.45, 2.75) is 19.6 Å². The summed E-state index contributed by atoms with van der Waals surface area (Å²) in [6.45, 7) is -1.35. The number of carbonyl (C=O) groups is 1. The average molecular weight is 472 g/mol. The number of hydrogen-bond acceptors (Lipinski definition) is 7. The molecule has 0 spiro atoms. The van der Waals surface area contributed by atoms with Crippen LogP contribution in [0.2, 0.25) is 5.02 Å². The first-order valence-electron chi connectivity index (χ1n) is 9.61. The molecular formula is C21H16ClF2N7O2. The minimum Gasteiger partial charge on any atom is -0.435 e. The van der Waals surface area contributed by atoms with Crippen LogP contribution >= 0.6 is 11.6 Å². The number of aromatic nitrogens is 6. The first-order valence-corrected chi connectivity index (χ1v) is 9.99. The van der Waals surface area contributed by atoms with E-state index in [0.717, 1.165) is 0 Å². The molecule has 3 heterocycles. The molecule has 0 bridgehead atoms. The third-order valence-corrected chi connectivity index (χ3v) is 4.65. The van der Waals surface area contributed by atoms with Gasteiger partial charge in [0.15, 0.2) is 5.82 Å². The van der Waals surface area contributed by atoms with Crippen LogP contribution < -0.4 is 10.1 Å². The predicted octanol–water partition coefficient (Wildman–Crippen LogP) is 3.87. The molecule has 0 saturated heterocycles. The van der Waals surface area contributed by atoms with Crippen LogP contribution in [0, 0.1) is 0 Å². The van der Waals surface area contributed by atoms with Crippen molar-refractivity contribution in [2.75, 3.05) is 0 Å². The number of amides is 1. The lowest BCUT2D eigenvalue weighted by Gasteiger charge is -2.16. The SMILES string of the molecule is CC(NC(=O)c1cc(Cl)cc(OC(F)F)c1)c1nccnc1-c1ncn(-c2ccccn2)n1. The molecule has 1 unspecified atom stereocenters. The Labute approximate surface area is 191 Å². The Bertz CT molecular complexity index is 1270. The number of halogens is 3. The highest BCUT2D eigenvalue weighted by molar-refractivity contribution is 6.31. The van der Waals surface area contributed by atoms with E-state index in [1.54, 1.807) is 25.3 Å². The third-order valence-electron chi connectivity index (χ3n) is 4.43. The van der Waals surface area contributed by atoms with Crippen molar-refractivity contribution < 1.29 is 18.3 Å². The topological polar surface area (TPSA) is 108 Å². The van der Waals surface area contributed by atoms with Gasteiger partial charge < -0.3 is 10.1 Å². The Morgan fingerprint density at radius 2 is 1.91 bits per heavy atom. The van der Waals surface area contributed by atoms with Gasteiger partial charge in [0.25, 0.3) is 5.91 Å². The summed E-state index contributed by atoms with van der Waals surface area (Å²) in [6, 6.07) is 8.47. The summed E-state index contributed by atoms with van der Waals surface area (Å²) in [4.78, 5) is 29.9. The molecule has 1 atom stereocenters. The molecule has 1 amide bonds. The van der Waals surface area contributed by atoms with Crippen LogP contribution in [0.4, 0.5) is 8.78 Å². The number of benzene rings is 1. The number of hydrogen-bond donors (Lipinski definition) is 1. The molecule has 33 heavy (non-hydrogen) atoms. The van der Waals surface area contributed by atoms with E-state index in [1.807, 2.05) is 6.07 Å². The van der Waals surface area contributed by atoms with Gasteiger partial charge in [-0.25, -0.2) is 19.6 Å². The molecule has 3 aromatic heterocycles. The summed E-state index contributed by atoms with van der Waals surface area (Å²) in [5.74, 6) is 0.0819. The van der Waals surface area contributed by atoms with Crippen LogP contribution in [0.25, 0.3) is 17.3 Å². The van der Waals surface area contributed by atoms with Crippen LogP contribution in [-0.2, 0) is 0 Å². The Hall–Kier alpha value is -3.99. The monoisotopic (exact) mass is 471 g/mol. The number of ether oxygens (including phenoxy) is 1. The Morgan fingerprint density at radius 3 is 2.67 bits per heavy atom. The lowest BCUT2D eigenvalue weighted by atomic mass is 10.1. The Morgan fingerprint density at radius 1 is 1.09 bits per heavy atom. The van der Waals surface area contributed by atoms with Gasteiger partial charge in [0.2, 0.25) is 5.82 Å². The fourth-order valence-electron chi connectivity index (χ4n) is 3.02. The van der Waals surface area contributed by atoms with E-state index in [0.29, 0.717) is 23.0 Å². The molecule has 0 fully saturated rings. The smallest absolute Gasteiger partial charge is 0.387 e. The molecule has 0 saturated carbocycles. The standard InChI is InChI=1S/C21H16ClF2N7O2/c1-12(29-20(32)13-8-14(22)10-15(9-13)33-21(23)24)17-18(27-7-6-26-17)19-28-11-31(30-19)16-4-2-3-5-25-16/h2-12,21H,1H3,(H,29,32). The zero-order valence-corrected chi connectivity index (χ0v) is 17.8. The zero-order valence-electron chi connectivity index (χ0n) is 17.1. The van der Waals surface area contributed by atoms with E-state index < -0.39 is 18.6 Å². The van der Waals surface area contributed by atoms with Gasteiger partial charge in [-0.1, -0.05) is 17.7 Å². The average Bonchev–Trinajstić information content (AvgIpc) is 3.29. The summed E-state index contributed by atoms with van der Waals surface area (Å²) in [7, 11) is 0. The van der Waals surface area contributed by atoms with Crippen LogP contribution in [0.1, 0.15) is 29.0 Å². The summed E-state index contributed by atoms with van der Waals surface area (Å²) in [5, 5.41) is 7.23. The molecule has 168 valence electrons. The molecule has 12 heteroatoms. The van der Waals surface area contributed by atoms with E-state index in [1.165, 1.54) is 41.6 Å². The largest absolute Gasteiger partial charge is 0.435 e. The molecule has 0 aliphatic rings. The molecule has 0 aliphatic heterocycles. The second kappa shape index (κ2) is 9.65. The number of rotatable bonds is 7. The highest BCUT2D eigenvalue weighted by atomic mass is 35.5. The van der Waals surface area contributed by atoms with Gasteiger partial charge in [-0.2, -0.15) is 8.78 Å². The van der Waals surface area contributed by atoms with E-state index in [4.69, 9.17) is 11.6 Å². The second-order valence-corrected chi connectivity index (χ2v) is 7.18. The van der Waals surface area contributed by atoms with Gasteiger partial charge in [0.1, 0.15) is 17.8 Å². The summed E-state index contributed by atoms with van der Waals surface area (Å²) in [5.41, 5.74) is 0.830. The van der Waals surface area contributed by atoms with Crippen molar-refractivity contribution >= 4 is 17.5 Å². The van der Waals surface area contributed by atoms with Crippen LogP contribution in [0.5, 0.6) is 5.75 Å². The molecule has 1 aromatic carbocycles. The van der Waals surface area contributed by atoms with Crippen molar-refractivity contribution in [1.29, 1.82) is 0 Å². The number of nitrogens with one attached hydrogen (secondary N) is 1. The molecular weight excluding hydrogens is 456 g/mol. The maximum absolute atomic E-state index is 12.8. The van der Waals surface area contributed by atoms with Gasteiger partial charge in [0.05, 0.1) is 11.7 Å². The quantitative estimate of drug-likeness (QED) is 0.436. The van der Waals surface area contributed by atoms with Crippen molar-refractivity contribution in [3.63, 3.8) is 0 Å². The molecule has 1 N–H and O–H groups in total. The van der Waals surface area contributed by atoms with E-state index in [-0.39, 0.29) is 16.3 Å². The minimum absolute atomic E-state index is 0.0491.